The highest BCUT2D eigenvalue weighted by Gasteiger charge is 2.36. The van der Waals surface area contributed by atoms with Crippen molar-refractivity contribution < 1.29 is 14.0 Å². The van der Waals surface area contributed by atoms with Gasteiger partial charge in [-0.25, -0.2) is 9.18 Å². The van der Waals surface area contributed by atoms with Gasteiger partial charge in [-0.05, 0) is 45.8 Å². The van der Waals surface area contributed by atoms with E-state index in [0.29, 0.717) is 15.7 Å². The first kappa shape index (κ1) is 14.7. The number of amides is 3. The van der Waals surface area contributed by atoms with E-state index < -0.39 is 0 Å². The smallest absolute Gasteiger partial charge is 0.285 e. The quantitative estimate of drug-likeness (QED) is 0.783. The summed E-state index contributed by atoms with van der Waals surface area (Å²) >= 11 is 3.10. The summed E-state index contributed by atoms with van der Waals surface area (Å²) in [5.41, 5.74) is 1.37. The van der Waals surface area contributed by atoms with E-state index in [1.165, 1.54) is 15.9 Å². The lowest BCUT2D eigenvalue weighted by Gasteiger charge is -2.17. The van der Waals surface area contributed by atoms with Gasteiger partial charge in [0.1, 0.15) is 12.4 Å². The van der Waals surface area contributed by atoms with E-state index in [4.69, 9.17) is 0 Å². The van der Waals surface area contributed by atoms with Gasteiger partial charge in [-0.2, -0.15) is 0 Å². The molecule has 2 aromatic carbocycles. The number of para-hydroxylation sites is 1. The largest absolute Gasteiger partial charge is 0.332 e. The van der Waals surface area contributed by atoms with Crippen LogP contribution in [0.1, 0.15) is 5.56 Å². The van der Waals surface area contributed by atoms with Crippen molar-refractivity contribution in [2.45, 2.75) is 6.54 Å². The molecule has 22 heavy (non-hydrogen) atoms. The fourth-order valence-electron chi connectivity index (χ4n) is 2.33. The molecular formula is C16H12BrFN2O2. The lowest BCUT2D eigenvalue weighted by molar-refractivity contribution is -0.125. The first-order valence-electron chi connectivity index (χ1n) is 6.67. The molecule has 1 aliphatic rings. The Morgan fingerprint density at radius 2 is 1.82 bits per heavy atom. The Morgan fingerprint density at radius 1 is 1.09 bits per heavy atom. The summed E-state index contributed by atoms with van der Waals surface area (Å²) in [4.78, 5) is 27.1. The summed E-state index contributed by atoms with van der Waals surface area (Å²) in [5.74, 6) is -0.650. The monoisotopic (exact) mass is 362 g/mol. The zero-order valence-corrected chi connectivity index (χ0v) is 13.1. The highest BCUT2D eigenvalue weighted by Crippen LogP contribution is 2.23. The number of carbonyl (C=O) groups is 2. The van der Waals surface area contributed by atoms with Gasteiger partial charge < -0.3 is 0 Å². The zero-order chi connectivity index (χ0) is 15.7. The average molecular weight is 363 g/mol. The highest BCUT2D eigenvalue weighted by molar-refractivity contribution is 9.10. The Hall–Kier alpha value is -2.21. The number of imide groups is 1. The minimum absolute atomic E-state index is 0.0191. The van der Waals surface area contributed by atoms with E-state index in [2.05, 4.69) is 15.9 Å². The first-order valence-corrected chi connectivity index (χ1v) is 7.46. The van der Waals surface area contributed by atoms with Crippen LogP contribution in [0.15, 0.2) is 53.0 Å². The van der Waals surface area contributed by atoms with Gasteiger partial charge in [-0.3, -0.25) is 14.6 Å². The Bertz CT molecular complexity index is 736. The van der Waals surface area contributed by atoms with Crippen LogP contribution in [0.4, 0.5) is 14.9 Å². The van der Waals surface area contributed by atoms with E-state index in [9.17, 15) is 14.0 Å². The Kier molecular flexibility index (Phi) is 3.94. The van der Waals surface area contributed by atoms with Crippen molar-refractivity contribution in [1.29, 1.82) is 0 Å². The van der Waals surface area contributed by atoms with Crippen molar-refractivity contribution in [2.75, 3.05) is 11.4 Å². The maximum atomic E-state index is 13.2. The topological polar surface area (TPSA) is 40.6 Å². The van der Waals surface area contributed by atoms with Crippen LogP contribution in [-0.2, 0) is 11.3 Å². The molecule has 0 aliphatic carbocycles. The number of urea groups is 1. The third-order valence-electron chi connectivity index (χ3n) is 3.45. The van der Waals surface area contributed by atoms with Gasteiger partial charge in [0.2, 0.25) is 0 Å². The minimum Gasteiger partial charge on any atom is -0.285 e. The fraction of sp³-hybridized carbons (Fsp3) is 0.125. The molecule has 0 spiro atoms. The first-order chi connectivity index (χ1) is 10.6. The van der Waals surface area contributed by atoms with Gasteiger partial charge in [0.05, 0.1) is 11.0 Å². The normalized spacial score (nSPS) is 14.8. The Labute approximate surface area is 135 Å². The molecule has 3 amide bonds. The maximum absolute atomic E-state index is 13.2. The predicted octanol–water partition coefficient (Wildman–Crippen LogP) is 3.56. The number of halogens is 2. The number of hydrogen-bond acceptors (Lipinski definition) is 2. The van der Waals surface area contributed by atoms with Crippen molar-refractivity contribution in [3.8, 4) is 0 Å². The van der Waals surface area contributed by atoms with Gasteiger partial charge in [0.25, 0.3) is 5.91 Å². The molecule has 3 rings (SSSR count). The predicted molar refractivity (Wildman–Crippen MR) is 83.8 cm³/mol. The molecule has 0 bridgehead atoms. The van der Waals surface area contributed by atoms with Gasteiger partial charge in [-0.15, -0.1) is 0 Å². The second-order valence-electron chi connectivity index (χ2n) is 4.93. The van der Waals surface area contributed by atoms with Crippen LogP contribution in [0.25, 0.3) is 0 Å². The highest BCUT2D eigenvalue weighted by atomic mass is 79.9. The summed E-state index contributed by atoms with van der Waals surface area (Å²) in [5, 5.41) is 0. The van der Waals surface area contributed by atoms with Crippen molar-refractivity contribution >= 4 is 33.6 Å². The van der Waals surface area contributed by atoms with E-state index in [-0.39, 0.29) is 30.8 Å². The molecule has 0 atom stereocenters. The van der Waals surface area contributed by atoms with Gasteiger partial charge >= 0.3 is 6.03 Å². The summed E-state index contributed by atoms with van der Waals surface area (Å²) in [6.45, 7) is 0.144. The summed E-state index contributed by atoms with van der Waals surface area (Å²) in [7, 11) is 0. The maximum Gasteiger partial charge on any atom is 0.332 e. The summed E-state index contributed by atoms with van der Waals surface area (Å²) < 4.78 is 13.6. The molecule has 0 N–H and O–H groups in total. The minimum atomic E-state index is -0.381. The molecule has 2 aromatic rings. The molecule has 112 valence electrons. The number of nitrogens with zero attached hydrogens (tertiary/aromatic N) is 2. The number of rotatable bonds is 3. The lowest BCUT2D eigenvalue weighted by Crippen LogP contribution is -2.32. The average Bonchev–Trinajstić information content (AvgIpc) is 2.80. The van der Waals surface area contributed by atoms with Crippen LogP contribution < -0.4 is 4.90 Å². The molecule has 0 unspecified atom stereocenters. The standard InChI is InChI=1S/C16H12BrFN2O2/c17-13-8-11(6-7-14(13)18)9-20-15(21)10-19(16(20)22)12-4-2-1-3-5-12/h1-8H,9-10H2. The van der Waals surface area contributed by atoms with Crippen LogP contribution in [0, 0.1) is 5.82 Å². The second kappa shape index (κ2) is 5.88. The third kappa shape index (κ3) is 2.74. The zero-order valence-electron chi connectivity index (χ0n) is 11.5. The van der Waals surface area contributed by atoms with Gasteiger partial charge in [-0.1, -0.05) is 24.3 Å². The van der Waals surface area contributed by atoms with E-state index in [0.717, 1.165) is 0 Å². The van der Waals surface area contributed by atoms with Crippen LogP contribution in [-0.4, -0.2) is 23.4 Å². The van der Waals surface area contributed by atoms with Gasteiger partial charge in [0.15, 0.2) is 0 Å². The number of anilines is 1. The molecule has 4 nitrogen and oxygen atoms in total. The molecule has 1 fully saturated rings. The van der Waals surface area contributed by atoms with E-state index in [1.807, 2.05) is 18.2 Å². The Balaban J connectivity index is 1.81. The van der Waals surface area contributed by atoms with Crippen LogP contribution in [0.3, 0.4) is 0 Å². The number of benzene rings is 2. The van der Waals surface area contributed by atoms with E-state index >= 15 is 0 Å². The molecular weight excluding hydrogens is 351 g/mol. The van der Waals surface area contributed by atoms with Gasteiger partial charge in [0, 0.05) is 5.69 Å². The number of hydrogen-bond donors (Lipinski definition) is 0. The van der Waals surface area contributed by atoms with Crippen molar-refractivity contribution in [1.82, 2.24) is 4.90 Å². The van der Waals surface area contributed by atoms with Crippen molar-refractivity contribution in [3.63, 3.8) is 0 Å². The molecule has 0 radical (unpaired) electrons. The third-order valence-corrected chi connectivity index (χ3v) is 4.06. The van der Waals surface area contributed by atoms with Crippen LogP contribution in [0.5, 0.6) is 0 Å². The fourth-order valence-corrected chi connectivity index (χ4v) is 2.75. The molecule has 1 aliphatic heterocycles. The Morgan fingerprint density at radius 3 is 2.50 bits per heavy atom. The lowest BCUT2D eigenvalue weighted by atomic mass is 10.2. The second-order valence-corrected chi connectivity index (χ2v) is 5.79. The number of carbonyl (C=O) groups excluding carboxylic acids is 2. The SMILES string of the molecule is O=C1CN(c2ccccc2)C(=O)N1Cc1ccc(F)c(Br)c1. The van der Waals surface area contributed by atoms with E-state index in [1.54, 1.807) is 24.3 Å². The summed E-state index contributed by atoms with van der Waals surface area (Å²) in [6, 6.07) is 13.1. The molecule has 6 heteroatoms. The molecule has 0 aromatic heterocycles. The molecule has 1 heterocycles. The molecule has 0 saturated carbocycles. The van der Waals surface area contributed by atoms with Crippen LogP contribution in [0.2, 0.25) is 0 Å². The van der Waals surface area contributed by atoms with Crippen molar-refractivity contribution in [3.05, 3.63) is 64.4 Å². The van der Waals surface area contributed by atoms with Crippen LogP contribution >= 0.6 is 15.9 Å². The summed E-state index contributed by atoms with van der Waals surface area (Å²) in [6.07, 6.45) is 0. The molecule has 1 saturated heterocycles. The van der Waals surface area contributed by atoms with Crippen molar-refractivity contribution in [2.24, 2.45) is 0 Å².